The Hall–Kier alpha value is -0.800. The van der Waals surface area contributed by atoms with Crippen LogP contribution >= 0.6 is 23.2 Å². The summed E-state index contributed by atoms with van der Waals surface area (Å²) in [6.07, 6.45) is 6.11. The molecule has 2 aliphatic rings. The number of alkyl halides is 2. The van der Waals surface area contributed by atoms with Crippen molar-refractivity contribution in [2.75, 3.05) is 6.54 Å². The number of carbonyl (C=O) groups is 2. The van der Waals surface area contributed by atoms with Gasteiger partial charge in [0.15, 0.2) is 5.78 Å². The maximum Gasteiger partial charge on any atom is 0.260 e. The van der Waals surface area contributed by atoms with Gasteiger partial charge in [-0.25, -0.2) is 0 Å². The number of amides is 1. The molecule has 2 rings (SSSR count). The van der Waals surface area contributed by atoms with E-state index in [-0.39, 0.29) is 17.2 Å². The summed E-state index contributed by atoms with van der Waals surface area (Å²) >= 11 is 12.5. The molecule has 5 heteroatoms. The second-order valence-corrected chi connectivity index (χ2v) is 7.07. The van der Waals surface area contributed by atoms with E-state index in [1.165, 1.54) is 12.2 Å². The van der Waals surface area contributed by atoms with E-state index < -0.39 is 9.75 Å². The van der Waals surface area contributed by atoms with Gasteiger partial charge in [-0.15, -0.1) is 0 Å². The highest BCUT2D eigenvalue weighted by Crippen LogP contribution is 2.52. The van der Waals surface area contributed by atoms with Crippen LogP contribution in [0.3, 0.4) is 0 Å². The van der Waals surface area contributed by atoms with Gasteiger partial charge in [-0.1, -0.05) is 35.4 Å². The van der Waals surface area contributed by atoms with Crippen LogP contribution in [0.5, 0.6) is 0 Å². The first kappa shape index (κ1) is 13.6. The summed E-state index contributed by atoms with van der Waals surface area (Å²) in [6, 6.07) is 0. The van der Waals surface area contributed by atoms with Crippen LogP contribution in [0.2, 0.25) is 0 Å². The van der Waals surface area contributed by atoms with Crippen LogP contribution in [-0.4, -0.2) is 33.0 Å². The fourth-order valence-corrected chi connectivity index (χ4v) is 2.81. The van der Waals surface area contributed by atoms with E-state index in [9.17, 15) is 9.59 Å². The van der Waals surface area contributed by atoms with Gasteiger partial charge in [0, 0.05) is 12.1 Å². The van der Waals surface area contributed by atoms with E-state index in [0.29, 0.717) is 6.54 Å². The predicted octanol–water partition coefficient (Wildman–Crippen LogP) is 2.48. The second-order valence-electron chi connectivity index (χ2n) is 5.75. The Labute approximate surface area is 116 Å². The molecule has 0 aromatic carbocycles. The molecule has 0 saturated carbocycles. The lowest BCUT2D eigenvalue weighted by molar-refractivity contribution is -0.132. The van der Waals surface area contributed by atoms with E-state index in [2.05, 4.69) is 0 Å². The molecule has 0 atom stereocenters. The van der Waals surface area contributed by atoms with Gasteiger partial charge in [-0.3, -0.25) is 9.59 Å². The topological polar surface area (TPSA) is 37.4 Å². The number of hydrogen-bond donors (Lipinski definition) is 0. The van der Waals surface area contributed by atoms with E-state index in [4.69, 9.17) is 23.2 Å². The van der Waals surface area contributed by atoms with Gasteiger partial charge in [0.1, 0.15) is 0 Å². The third-order valence-corrected chi connectivity index (χ3v) is 4.44. The standard InChI is InChI=1S/C13H15Cl2NO2/c1-11(2,3)16-8-12(13(14,15)10(16)18)6-4-9(17)5-7-12/h4-7H,8H2,1-3H3. The van der Waals surface area contributed by atoms with E-state index in [1.807, 2.05) is 20.8 Å². The van der Waals surface area contributed by atoms with Crippen LogP contribution < -0.4 is 0 Å². The van der Waals surface area contributed by atoms with Crippen molar-refractivity contribution in [2.24, 2.45) is 5.41 Å². The van der Waals surface area contributed by atoms with Crippen molar-refractivity contribution >= 4 is 34.9 Å². The normalized spacial score (nSPS) is 25.3. The van der Waals surface area contributed by atoms with Gasteiger partial charge in [0.25, 0.3) is 5.91 Å². The highest BCUT2D eigenvalue weighted by atomic mass is 35.5. The highest BCUT2D eigenvalue weighted by Gasteiger charge is 2.62. The summed E-state index contributed by atoms with van der Waals surface area (Å²) in [5.74, 6) is -0.437. The number of nitrogens with zero attached hydrogens (tertiary/aromatic N) is 1. The molecular weight excluding hydrogens is 273 g/mol. The summed E-state index contributed by atoms with van der Waals surface area (Å²) in [7, 11) is 0. The number of halogens is 2. The Morgan fingerprint density at radius 2 is 1.67 bits per heavy atom. The maximum atomic E-state index is 12.3. The minimum Gasteiger partial charge on any atom is -0.334 e. The molecule has 0 N–H and O–H groups in total. The van der Waals surface area contributed by atoms with Gasteiger partial charge in [-0.2, -0.15) is 0 Å². The maximum absolute atomic E-state index is 12.3. The van der Waals surface area contributed by atoms with Gasteiger partial charge < -0.3 is 4.90 Å². The van der Waals surface area contributed by atoms with Gasteiger partial charge in [0.2, 0.25) is 4.33 Å². The zero-order chi connectivity index (χ0) is 13.8. The van der Waals surface area contributed by atoms with Crippen LogP contribution in [0, 0.1) is 5.41 Å². The zero-order valence-corrected chi connectivity index (χ0v) is 12.0. The highest BCUT2D eigenvalue weighted by molar-refractivity contribution is 6.59. The van der Waals surface area contributed by atoms with Crippen LogP contribution in [0.25, 0.3) is 0 Å². The number of ketones is 1. The van der Waals surface area contributed by atoms with Crippen molar-refractivity contribution in [3.63, 3.8) is 0 Å². The third kappa shape index (κ3) is 1.81. The Balaban J connectivity index is 2.47. The SMILES string of the molecule is CC(C)(C)N1CC2(C=CC(=O)C=C2)C(Cl)(Cl)C1=O. The molecule has 1 amide bonds. The van der Waals surface area contributed by atoms with Crippen molar-refractivity contribution in [2.45, 2.75) is 30.6 Å². The first-order chi connectivity index (χ1) is 8.10. The molecule has 0 aromatic rings. The summed E-state index contributed by atoms with van der Waals surface area (Å²) in [5.41, 5.74) is -1.19. The molecule has 0 bridgehead atoms. The Morgan fingerprint density at radius 1 is 1.17 bits per heavy atom. The summed E-state index contributed by atoms with van der Waals surface area (Å²) in [5, 5.41) is 0. The zero-order valence-electron chi connectivity index (χ0n) is 10.5. The molecule has 1 spiro atoms. The van der Waals surface area contributed by atoms with E-state index in [0.717, 1.165) is 0 Å². The van der Waals surface area contributed by atoms with Crippen molar-refractivity contribution in [3.05, 3.63) is 24.3 Å². The molecule has 3 nitrogen and oxygen atoms in total. The van der Waals surface area contributed by atoms with Crippen molar-refractivity contribution < 1.29 is 9.59 Å². The summed E-state index contributed by atoms with van der Waals surface area (Å²) in [6.45, 7) is 6.15. The number of carbonyl (C=O) groups excluding carboxylic acids is 2. The quantitative estimate of drug-likeness (QED) is 0.642. The number of rotatable bonds is 0. The fraction of sp³-hybridized carbons (Fsp3) is 0.538. The predicted molar refractivity (Wildman–Crippen MR) is 71.6 cm³/mol. The van der Waals surface area contributed by atoms with Crippen molar-refractivity contribution in [1.29, 1.82) is 0 Å². The van der Waals surface area contributed by atoms with Gasteiger partial charge in [0.05, 0.1) is 5.41 Å². The molecule has 1 aliphatic heterocycles. The van der Waals surface area contributed by atoms with E-state index in [1.54, 1.807) is 17.1 Å². The largest absolute Gasteiger partial charge is 0.334 e. The number of likely N-dealkylation sites (tertiary alicyclic amines) is 1. The molecule has 0 aromatic heterocycles. The molecular formula is C13H15Cl2NO2. The summed E-state index contributed by atoms with van der Waals surface area (Å²) in [4.78, 5) is 25.2. The monoisotopic (exact) mass is 287 g/mol. The lowest BCUT2D eigenvalue weighted by atomic mass is 9.82. The van der Waals surface area contributed by atoms with Crippen LogP contribution in [0.1, 0.15) is 20.8 Å². The Kier molecular flexibility index (Phi) is 2.91. The molecule has 98 valence electrons. The molecule has 1 fully saturated rings. The lowest BCUT2D eigenvalue weighted by Gasteiger charge is -2.33. The molecule has 1 saturated heterocycles. The third-order valence-electron chi connectivity index (χ3n) is 3.42. The number of allylic oxidation sites excluding steroid dienone is 2. The average Bonchev–Trinajstić information content (AvgIpc) is 2.44. The van der Waals surface area contributed by atoms with Gasteiger partial charge in [-0.05, 0) is 32.9 Å². The molecule has 0 unspecified atom stereocenters. The van der Waals surface area contributed by atoms with Crippen molar-refractivity contribution in [3.8, 4) is 0 Å². The first-order valence-electron chi connectivity index (χ1n) is 5.72. The average molecular weight is 288 g/mol. The Bertz CT molecular complexity index is 456. The Morgan fingerprint density at radius 3 is 2.06 bits per heavy atom. The minimum absolute atomic E-state index is 0.119. The van der Waals surface area contributed by atoms with E-state index >= 15 is 0 Å². The summed E-state index contributed by atoms with van der Waals surface area (Å²) < 4.78 is -1.56. The van der Waals surface area contributed by atoms with Crippen LogP contribution in [0.4, 0.5) is 0 Å². The van der Waals surface area contributed by atoms with Crippen LogP contribution in [-0.2, 0) is 9.59 Å². The fourth-order valence-electron chi connectivity index (χ4n) is 2.23. The molecule has 18 heavy (non-hydrogen) atoms. The van der Waals surface area contributed by atoms with Crippen molar-refractivity contribution in [1.82, 2.24) is 4.90 Å². The molecule has 1 heterocycles. The number of hydrogen-bond acceptors (Lipinski definition) is 2. The molecule has 0 radical (unpaired) electrons. The second kappa shape index (κ2) is 3.84. The first-order valence-corrected chi connectivity index (χ1v) is 6.48. The van der Waals surface area contributed by atoms with Gasteiger partial charge >= 0.3 is 0 Å². The smallest absolute Gasteiger partial charge is 0.260 e. The molecule has 1 aliphatic carbocycles. The van der Waals surface area contributed by atoms with Crippen LogP contribution in [0.15, 0.2) is 24.3 Å². The lowest BCUT2D eigenvalue weighted by Crippen LogP contribution is -2.44. The minimum atomic E-state index is -1.56.